The summed E-state index contributed by atoms with van der Waals surface area (Å²) in [5.74, 6) is 1.54. The van der Waals surface area contributed by atoms with Crippen molar-refractivity contribution >= 4 is 11.9 Å². The Morgan fingerprint density at radius 1 is 1.04 bits per heavy atom. The molecule has 1 amide bonds. The van der Waals surface area contributed by atoms with E-state index in [0.29, 0.717) is 12.1 Å². The summed E-state index contributed by atoms with van der Waals surface area (Å²) in [6.07, 6.45) is 4.45. The third kappa shape index (κ3) is 9.13. The van der Waals surface area contributed by atoms with Gasteiger partial charge in [0.1, 0.15) is 0 Å². The van der Waals surface area contributed by atoms with Gasteiger partial charge in [-0.05, 0) is 42.9 Å². The van der Waals surface area contributed by atoms with Gasteiger partial charge >= 0.3 is 0 Å². The highest BCUT2D eigenvalue weighted by Gasteiger charge is 2.05. The van der Waals surface area contributed by atoms with Crippen LogP contribution in [0.15, 0.2) is 29.3 Å². The highest BCUT2D eigenvalue weighted by Crippen LogP contribution is 2.05. The number of hydrogen-bond acceptors (Lipinski definition) is 2. The van der Waals surface area contributed by atoms with Gasteiger partial charge in [0.05, 0.1) is 0 Å². The van der Waals surface area contributed by atoms with E-state index in [1.54, 1.807) is 7.05 Å². The molecule has 0 fully saturated rings. The van der Waals surface area contributed by atoms with Gasteiger partial charge in [0.15, 0.2) is 5.96 Å². The molecule has 0 spiro atoms. The van der Waals surface area contributed by atoms with E-state index in [1.807, 2.05) is 24.3 Å². The molecule has 0 aliphatic heterocycles. The Morgan fingerprint density at radius 2 is 1.72 bits per heavy atom. The van der Waals surface area contributed by atoms with E-state index in [4.69, 9.17) is 0 Å². The predicted octanol–water partition coefficient (Wildman–Crippen LogP) is 3.32. The summed E-state index contributed by atoms with van der Waals surface area (Å²) < 4.78 is 0. The molecule has 140 valence electrons. The average molecular weight is 347 g/mol. The maximum Gasteiger partial charge on any atom is 0.251 e. The van der Waals surface area contributed by atoms with E-state index >= 15 is 0 Å². The Hall–Kier alpha value is -2.04. The number of nitrogens with zero attached hydrogens (tertiary/aromatic N) is 1. The van der Waals surface area contributed by atoms with Gasteiger partial charge < -0.3 is 16.0 Å². The van der Waals surface area contributed by atoms with Crippen LogP contribution in [0.4, 0.5) is 0 Å². The van der Waals surface area contributed by atoms with Crippen LogP contribution in [0.2, 0.25) is 0 Å². The summed E-state index contributed by atoms with van der Waals surface area (Å²) >= 11 is 0. The number of benzene rings is 1. The molecule has 3 N–H and O–H groups in total. The van der Waals surface area contributed by atoms with Gasteiger partial charge in [-0.3, -0.25) is 9.79 Å². The van der Waals surface area contributed by atoms with Crippen molar-refractivity contribution in [2.45, 2.75) is 53.0 Å². The molecule has 0 heterocycles. The minimum Gasteiger partial charge on any atom is -0.356 e. The van der Waals surface area contributed by atoms with E-state index in [2.05, 4.69) is 41.7 Å². The molecule has 1 aromatic carbocycles. The van der Waals surface area contributed by atoms with E-state index in [9.17, 15) is 4.79 Å². The number of unbranched alkanes of at least 4 members (excludes halogenated alkanes) is 1. The first-order valence-corrected chi connectivity index (χ1v) is 9.38. The Morgan fingerprint density at radius 3 is 2.32 bits per heavy atom. The summed E-state index contributed by atoms with van der Waals surface area (Å²) in [7, 11) is 1.78. The Balaban J connectivity index is 2.37. The van der Waals surface area contributed by atoms with Crippen LogP contribution in [0.3, 0.4) is 0 Å². The number of amides is 1. The van der Waals surface area contributed by atoms with Gasteiger partial charge in [0, 0.05) is 32.2 Å². The minimum atomic E-state index is -0.00409. The lowest BCUT2D eigenvalue weighted by Crippen LogP contribution is -2.37. The quantitative estimate of drug-likeness (QED) is 0.346. The van der Waals surface area contributed by atoms with Crippen LogP contribution in [-0.4, -0.2) is 32.0 Å². The van der Waals surface area contributed by atoms with Crippen LogP contribution < -0.4 is 16.0 Å². The molecule has 0 saturated carbocycles. The second-order valence-corrected chi connectivity index (χ2v) is 6.69. The maximum absolute atomic E-state index is 12.0. The lowest BCUT2D eigenvalue weighted by Gasteiger charge is -2.13. The van der Waals surface area contributed by atoms with Gasteiger partial charge in [0.25, 0.3) is 5.91 Å². The SMILES string of the molecule is CCCCNC(=O)c1ccc(CNC(=NC)NCCCC(C)C)cc1. The number of nitrogens with one attached hydrogen (secondary N) is 3. The van der Waals surface area contributed by atoms with Gasteiger partial charge in [-0.1, -0.05) is 39.3 Å². The van der Waals surface area contributed by atoms with Crippen LogP contribution in [0.25, 0.3) is 0 Å². The van der Waals surface area contributed by atoms with Gasteiger partial charge in [-0.15, -0.1) is 0 Å². The zero-order valence-corrected chi connectivity index (χ0v) is 16.2. The number of carbonyl (C=O) groups is 1. The summed E-state index contributed by atoms with van der Waals surface area (Å²) in [5, 5.41) is 9.56. The molecule has 0 aromatic heterocycles. The Labute approximate surface area is 152 Å². The molecule has 0 radical (unpaired) electrons. The monoisotopic (exact) mass is 346 g/mol. The van der Waals surface area contributed by atoms with Crippen LogP contribution >= 0.6 is 0 Å². The van der Waals surface area contributed by atoms with Gasteiger partial charge in [-0.25, -0.2) is 0 Å². The molecule has 1 aromatic rings. The Bertz CT molecular complexity index is 523. The largest absolute Gasteiger partial charge is 0.356 e. The van der Waals surface area contributed by atoms with Crippen molar-refractivity contribution < 1.29 is 4.79 Å². The molecule has 0 unspecified atom stereocenters. The summed E-state index contributed by atoms with van der Waals surface area (Å²) in [5.41, 5.74) is 1.83. The molecule has 25 heavy (non-hydrogen) atoms. The summed E-state index contributed by atoms with van der Waals surface area (Å²) in [6, 6.07) is 7.70. The molecular weight excluding hydrogens is 312 g/mol. The smallest absolute Gasteiger partial charge is 0.251 e. The van der Waals surface area contributed by atoms with Crippen LogP contribution in [0.1, 0.15) is 62.4 Å². The molecule has 0 atom stereocenters. The van der Waals surface area contributed by atoms with Gasteiger partial charge in [-0.2, -0.15) is 0 Å². The second-order valence-electron chi connectivity index (χ2n) is 6.69. The summed E-state index contributed by atoms with van der Waals surface area (Å²) in [4.78, 5) is 16.2. The fourth-order valence-corrected chi connectivity index (χ4v) is 2.38. The van der Waals surface area contributed by atoms with E-state index in [0.717, 1.165) is 49.8 Å². The van der Waals surface area contributed by atoms with Crippen molar-refractivity contribution in [3.05, 3.63) is 35.4 Å². The molecule has 5 heteroatoms. The zero-order valence-electron chi connectivity index (χ0n) is 16.2. The molecule has 1 rings (SSSR count). The van der Waals surface area contributed by atoms with Crippen molar-refractivity contribution in [1.29, 1.82) is 0 Å². The number of carbonyl (C=O) groups excluding carboxylic acids is 1. The second kappa shape index (κ2) is 12.3. The standard InChI is InChI=1S/C20H34N4O/c1-5-6-13-22-19(25)18-11-9-17(10-12-18)15-24-20(21-4)23-14-7-8-16(2)3/h9-12,16H,5-8,13-15H2,1-4H3,(H,22,25)(H2,21,23,24). The first-order valence-electron chi connectivity index (χ1n) is 9.38. The van der Waals surface area contributed by atoms with Crippen molar-refractivity contribution in [2.24, 2.45) is 10.9 Å². The fraction of sp³-hybridized carbons (Fsp3) is 0.600. The number of rotatable bonds is 10. The highest BCUT2D eigenvalue weighted by atomic mass is 16.1. The number of guanidine groups is 1. The first kappa shape index (κ1) is 21.0. The van der Waals surface area contributed by atoms with E-state index < -0.39 is 0 Å². The number of aliphatic imine (C=N–C) groups is 1. The Kier molecular flexibility index (Phi) is 10.4. The molecule has 5 nitrogen and oxygen atoms in total. The molecule has 0 saturated heterocycles. The predicted molar refractivity (Wildman–Crippen MR) is 106 cm³/mol. The third-order valence-corrected chi connectivity index (χ3v) is 3.97. The van der Waals surface area contributed by atoms with Gasteiger partial charge in [0.2, 0.25) is 0 Å². The normalized spacial score (nSPS) is 11.5. The zero-order chi connectivity index (χ0) is 18.5. The number of hydrogen-bond donors (Lipinski definition) is 3. The van der Waals surface area contributed by atoms with E-state index in [1.165, 1.54) is 6.42 Å². The highest BCUT2D eigenvalue weighted by molar-refractivity contribution is 5.94. The van der Waals surface area contributed by atoms with Crippen LogP contribution in [-0.2, 0) is 6.54 Å². The average Bonchev–Trinajstić information content (AvgIpc) is 2.61. The van der Waals surface area contributed by atoms with Crippen LogP contribution in [0.5, 0.6) is 0 Å². The summed E-state index contributed by atoms with van der Waals surface area (Å²) in [6.45, 7) is 8.93. The minimum absolute atomic E-state index is 0.00409. The topological polar surface area (TPSA) is 65.5 Å². The molecule has 0 bridgehead atoms. The van der Waals surface area contributed by atoms with Crippen LogP contribution in [0, 0.1) is 5.92 Å². The lowest BCUT2D eigenvalue weighted by atomic mass is 10.1. The molecule has 0 aliphatic rings. The lowest BCUT2D eigenvalue weighted by molar-refractivity contribution is 0.0953. The fourth-order valence-electron chi connectivity index (χ4n) is 2.38. The van der Waals surface area contributed by atoms with E-state index in [-0.39, 0.29) is 5.91 Å². The molecule has 0 aliphatic carbocycles. The van der Waals surface area contributed by atoms with Crippen molar-refractivity contribution in [1.82, 2.24) is 16.0 Å². The third-order valence-electron chi connectivity index (χ3n) is 3.97. The first-order chi connectivity index (χ1) is 12.1. The van der Waals surface area contributed by atoms with Crippen molar-refractivity contribution in [3.8, 4) is 0 Å². The maximum atomic E-state index is 12.0. The molecular formula is C20H34N4O. The van der Waals surface area contributed by atoms with Crippen molar-refractivity contribution in [3.63, 3.8) is 0 Å². The van der Waals surface area contributed by atoms with Crippen molar-refractivity contribution in [2.75, 3.05) is 20.1 Å².